The summed E-state index contributed by atoms with van der Waals surface area (Å²) in [6.07, 6.45) is 1.32. The van der Waals surface area contributed by atoms with Crippen LogP contribution in [-0.2, 0) is 0 Å². The average Bonchev–Trinajstić information content (AvgIpc) is 2.78. The number of hydrogen-bond donors (Lipinski definition) is 3. The van der Waals surface area contributed by atoms with Crippen molar-refractivity contribution in [2.24, 2.45) is 5.10 Å². The number of halogens is 2. The summed E-state index contributed by atoms with van der Waals surface area (Å²) in [5.74, 6) is -0.458. The quantitative estimate of drug-likeness (QED) is 0.483. The average molecular weight is 458 g/mol. The number of nitrogens with zero attached hydrogens (tertiary/aromatic N) is 2. The number of amides is 1. The molecule has 1 heterocycles. The van der Waals surface area contributed by atoms with Gasteiger partial charge in [-0.3, -0.25) is 4.79 Å². The van der Waals surface area contributed by atoms with E-state index >= 15 is 0 Å². The second-order valence-corrected chi connectivity index (χ2v) is 7.25. The van der Waals surface area contributed by atoms with E-state index in [1.165, 1.54) is 6.21 Å². The number of thiophene rings is 1. The van der Waals surface area contributed by atoms with Crippen molar-refractivity contribution in [1.82, 2.24) is 5.43 Å². The van der Waals surface area contributed by atoms with Crippen molar-refractivity contribution in [3.8, 4) is 11.8 Å². The second kappa shape index (κ2) is 7.12. The van der Waals surface area contributed by atoms with Crippen LogP contribution in [0.15, 0.2) is 26.2 Å². The molecule has 0 saturated heterocycles. The molecule has 0 radical (unpaired) electrons. The van der Waals surface area contributed by atoms with E-state index in [1.54, 1.807) is 19.1 Å². The zero-order valence-corrected chi connectivity index (χ0v) is 15.7. The highest BCUT2D eigenvalue weighted by Crippen LogP contribution is 2.31. The molecule has 0 fully saturated rings. The van der Waals surface area contributed by atoms with Crippen LogP contribution in [0.5, 0.6) is 5.75 Å². The van der Waals surface area contributed by atoms with Crippen molar-refractivity contribution in [2.45, 2.75) is 6.92 Å². The summed E-state index contributed by atoms with van der Waals surface area (Å²) in [6, 6.07) is 5.30. The van der Waals surface area contributed by atoms with Gasteiger partial charge in [0.1, 0.15) is 21.7 Å². The fourth-order valence-corrected chi connectivity index (χ4v) is 3.96. The topological polar surface area (TPSA) is 112 Å². The monoisotopic (exact) mass is 456 g/mol. The zero-order valence-electron chi connectivity index (χ0n) is 11.7. The van der Waals surface area contributed by atoms with Gasteiger partial charge in [0.05, 0.1) is 16.3 Å². The number of nitrogens with one attached hydrogen (secondary N) is 1. The van der Waals surface area contributed by atoms with Crippen LogP contribution in [-0.4, -0.2) is 17.2 Å². The van der Waals surface area contributed by atoms with E-state index in [0.29, 0.717) is 31.0 Å². The number of phenolic OH excluding ortho intramolecular Hbond substituents is 1. The number of hydrazone groups is 1. The number of phenols is 1. The number of rotatable bonds is 3. The fourth-order valence-electron chi connectivity index (χ4n) is 1.79. The van der Waals surface area contributed by atoms with E-state index in [9.17, 15) is 9.90 Å². The van der Waals surface area contributed by atoms with Crippen LogP contribution in [0.1, 0.15) is 26.4 Å². The molecule has 1 aromatic heterocycles. The molecule has 0 atom stereocenters. The van der Waals surface area contributed by atoms with Crippen LogP contribution in [0.25, 0.3) is 0 Å². The highest BCUT2D eigenvalue weighted by atomic mass is 79.9. The number of benzene rings is 1. The molecule has 1 aromatic carbocycles. The Balaban J connectivity index is 2.19. The minimum Gasteiger partial charge on any atom is -0.506 e. The smallest absolute Gasteiger partial charge is 0.281 e. The van der Waals surface area contributed by atoms with Gasteiger partial charge < -0.3 is 10.8 Å². The molecular weight excluding hydrogens is 448 g/mol. The van der Waals surface area contributed by atoms with Gasteiger partial charge in [0, 0.05) is 10.0 Å². The van der Waals surface area contributed by atoms with Crippen LogP contribution in [0.2, 0.25) is 0 Å². The molecule has 0 aliphatic heterocycles. The Morgan fingerprint density at radius 3 is 2.83 bits per heavy atom. The maximum Gasteiger partial charge on any atom is 0.281 e. The summed E-state index contributed by atoms with van der Waals surface area (Å²) >= 11 is 7.54. The highest BCUT2D eigenvalue weighted by molar-refractivity contribution is 9.11. The van der Waals surface area contributed by atoms with Crippen molar-refractivity contribution in [3.05, 3.63) is 42.6 Å². The summed E-state index contributed by atoms with van der Waals surface area (Å²) in [5, 5.41) is 23.0. The number of nitriles is 1. The molecule has 23 heavy (non-hydrogen) atoms. The first-order valence-corrected chi connectivity index (χ1v) is 8.55. The van der Waals surface area contributed by atoms with E-state index in [-0.39, 0.29) is 5.75 Å². The van der Waals surface area contributed by atoms with Gasteiger partial charge in [0.2, 0.25) is 0 Å². The first kappa shape index (κ1) is 17.5. The van der Waals surface area contributed by atoms with E-state index in [0.717, 1.165) is 15.8 Å². The van der Waals surface area contributed by atoms with Gasteiger partial charge in [-0.1, -0.05) is 15.9 Å². The summed E-state index contributed by atoms with van der Waals surface area (Å²) < 4.78 is 1.25. The summed E-state index contributed by atoms with van der Waals surface area (Å²) in [5.41, 5.74) is 9.30. The SMILES string of the molecule is Cc1c(C(=O)N/N=C\c2cc(Br)cc(Br)c2O)sc(N)c1C#N. The first-order chi connectivity index (χ1) is 10.8. The van der Waals surface area contributed by atoms with Gasteiger partial charge in [-0.2, -0.15) is 10.4 Å². The molecule has 0 saturated carbocycles. The molecule has 2 aromatic rings. The molecule has 1 amide bonds. The van der Waals surface area contributed by atoms with Crippen molar-refractivity contribution in [1.29, 1.82) is 5.26 Å². The lowest BCUT2D eigenvalue weighted by Gasteiger charge is -2.03. The number of nitrogen functional groups attached to an aromatic ring is 1. The standard InChI is InChI=1S/C14H10Br2N4O2S/c1-6-9(4-17)13(18)23-12(6)14(22)20-19-5-7-2-8(15)3-10(16)11(7)21/h2-3,5,21H,18H2,1H3,(H,20,22)/b19-5-. The van der Waals surface area contributed by atoms with Gasteiger partial charge in [0.25, 0.3) is 5.91 Å². The normalized spacial score (nSPS) is 10.7. The number of carbonyl (C=O) groups is 1. The fraction of sp³-hybridized carbons (Fsp3) is 0.0714. The molecule has 4 N–H and O–H groups in total. The predicted molar refractivity (Wildman–Crippen MR) is 96.8 cm³/mol. The third kappa shape index (κ3) is 3.72. The minimum absolute atomic E-state index is 0.00881. The highest BCUT2D eigenvalue weighted by Gasteiger charge is 2.18. The predicted octanol–water partition coefficient (Wildman–Crippen LogP) is 3.50. The van der Waals surface area contributed by atoms with Crippen LogP contribution < -0.4 is 11.2 Å². The third-order valence-corrected chi connectivity index (χ3v) is 5.10. The van der Waals surface area contributed by atoms with Crippen molar-refractivity contribution in [2.75, 3.05) is 5.73 Å². The molecular formula is C14H10Br2N4O2S. The first-order valence-electron chi connectivity index (χ1n) is 6.15. The molecule has 0 bridgehead atoms. The molecule has 2 rings (SSSR count). The van der Waals surface area contributed by atoms with E-state index in [4.69, 9.17) is 11.0 Å². The van der Waals surface area contributed by atoms with Gasteiger partial charge in [-0.25, -0.2) is 5.43 Å². The lowest BCUT2D eigenvalue weighted by Crippen LogP contribution is -2.17. The number of anilines is 1. The third-order valence-electron chi connectivity index (χ3n) is 2.92. The van der Waals surface area contributed by atoms with Crippen LogP contribution >= 0.6 is 43.2 Å². The largest absolute Gasteiger partial charge is 0.506 e. The number of carbonyl (C=O) groups excluding carboxylic acids is 1. The Hall–Kier alpha value is -1.89. The molecule has 118 valence electrons. The second-order valence-electron chi connectivity index (χ2n) is 4.43. The van der Waals surface area contributed by atoms with Crippen molar-refractivity contribution in [3.63, 3.8) is 0 Å². The molecule has 9 heteroatoms. The van der Waals surface area contributed by atoms with Gasteiger partial charge in [-0.05, 0) is 40.5 Å². The Morgan fingerprint density at radius 1 is 1.52 bits per heavy atom. The van der Waals surface area contributed by atoms with E-state index in [2.05, 4.69) is 42.4 Å². The lowest BCUT2D eigenvalue weighted by atomic mass is 10.2. The van der Waals surface area contributed by atoms with Gasteiger partial charge >= 0.3 is 0 Å². The summed E-state index contributed by atoms with van der Waals surface area (Å²) in [7, 11) is 0. The van der Waals surface area contributed by atoms with Crippen LogP contribution in [0, 0.1) is 18.3 Å². The summed E-state index contributed by atoms with van der Waals surface area (Å²) in [6.45, 7) is 1.65. The Labute approximate surface area is 152 Å². The maximum atomic E-state index is 12.1. The maximum absolute atomic E-state index is 12.1. The molecule has 0 aliphatic rings. The van der Waals surface area contributed by atoms with Crippen molar-refractivity contribution >= 4 is 60.3 Å². The molecule has 6 nitrogen and oxygen atoms in total. The molecule has 0 unspecified atom stereocenters. The molecule has 0 aliphatic carbocycles. The minimum atomic E-state index is -0.467. The van der Waals surface area contributed by atoms with E-state index in [1.807, 2.05) is 6.07 Å². The van der Waals surface area contributed by atoms with Gasteiger partial charge in [-0.15, -0.1) is 11.3 Å². The van der Waals surface area contributed by atoms with Gasteiger partial charge in [0.15, 0.2) is 0 Å². The van der Waals surface area contributed by atoms with Crippen LogP contribution in [0.4, 0.5) is 5.00 Å². The lowest BCUT2D eigenvalue weighted by molar-refractivity contribution is 0.0958. The number of nitrogens with two attached hydrogens (primary N) is 1. The number of aromatic hydroxyl groups is 1. The molecule has 0 spiro atoms. The Kier molecular flexibility index (Phi) is 5.41. The van der Waals surface area contributed by atoms with E-state index < -0.39 is 5.91 Å². The van der Waals surface area contributed by atoms with Crippen LogP contribution in [0.3, 0.4) is 0 Å². The zero-order chi connectivity index (χ0) is 17.1. The Bertz CT molecular complexity index is 855. The number of hydrogen-bond acceptors (Lipinski definition) is 6. The Morgan fingerprint density at radius 2 is 2.22 bits per heavy atom. The van der Waals surface area contributed by atoms with Crippen molar-refractivity contribution < 1.29 is 9.90 Å². The summed E-state index contributed by atoms with van der Waals surface area (Å²) in [4.78, 5) is 12.4.